The van der Waals surface area contributed by atoms with Gasteiger partial charge in [-0.05, 0) is 37.5 Å². The van der Waals surface area contributed by atoms with Gasteiger partial charge >= 0.3 is 5.97 Å². The van der Waals surface area contributed by atoms with Crippen LogP contribution < -0.4 is 9.64 Å². The summed E-state index contributed by atoms with van der Waals surface area (Å²) < 4.78 is 10.9. The van der Waals surface area contributed by atoms with Gasteiger partial charge in [0, 0.05) is 25.1 Å². The molecule has 0 N–H and O–H groups in total. The molecule has 5 heteroatoms. The molecule has 0 amide bonds. The van der Waals surface area contributed by atoms with Gasteiger partial charge in [0.05, 0.1) is 23.4 Å². The van der Waals surface area contributed by atoms with Gasteiger partial charge in [0.1, 0.15) is 12.4 Å². The van der Waals surface area contributed by atoms with Crippen molar-refractivity contribution in [1.29, 1.82) is 0 Å². The first-order valence-corrected chi connectivity index (χ1v) is 8.17. The van der Waals surface area contributed by atoms with Crippen molar-refractivity contribution in [2.75, 3.05) is 31.2 Å². The van der Waals surface area contributed by atoms with Gasteiger partial charge in [-0.25, -0.2) is 4.79 Å². The van der Waals surface area contributed by atoms with Crippen LogP contribution in [0.3, 0.4) is 0 Å². The Morgan fingerprint density at radius 1 is 1.35 bits per heavy atom. The second-order valence-corrected chi connectivity index (χ2v) is 6.12. The second-order valence-electron chi connectivity index (χ2n) is 6.12. The largest absolute Gasteiger partial charge is 0.487 e. The van der Waals surface area contributed by atoms with Gasteiger partial charge in [-0.3, -0.25) is 4.79 Å². The summed E-state index contributed by atoms with van der Waals surface area (Å²) in [5.74, 6) is 0.426. The number of carbonyl (C=O) groups excluding carboxylic acids is 2. The number of esters is 1. The lowest BCUT2D eigenvalue weighted by molar-refractivity contribution is -0.138. The predicted molar refractivity (Wildman–Crippen MR) is 86.0 cm³/mol. The molecule has 0 spiro atoms. The topological polar surface area (TPSA) is 55.8 Å². The quantitative estimate of drug-likeness (QED) is 0.785. The number of fused-ring (bicyclic) bond motifs is 2. The lowest BCUT2D eigenvalue weighted by Gasteiger charge is -2.37. The van der Waals surface area contributed by atoms with Crippen LogP contribution in [0.4, 0.5) is 5.69 Å². The van der Waals surface area contributed by atoms with Gasteiger partial charge < -0.3 is 14.4 Å². The van der Waals surface area contributed by atoms with E-state index in [2.05, 4.69) is 11.0 Å². The fourth-order valence-corrected chi connectivity index (χ4v) is 3.69. The third-order valence-electron chi connectivity index (χ3n) is 4.68. The van der Waals surface area contributed by atoms with E-state index in [0.717, 1.165) is 37.2 Å². The SMILES string of the molecule is CCOC(=O)C1=Cc2cc3c4c(c2OC1)C(=O)CCN4CCC3. The number of nitrogens with zero attached hydrogens (tertiary/aromatic N) is 1. The van der Waals surface area contributed by atoms with Crippen molar-refractivity contribution in [1.82, 2.24) is 0 Å². The van der Waals surface area contributed by atoms with E-state index < -0.39 is 0 Å². The smallest absolute Gasteiger partial charge is 0.337 e. The second kappa shape index (κ2) is 5.41. The van der Waals surface area contributed by atoms with E-state index in [0.29, 0.717) is 29.9 Å². The number of hydrogen-bond acceptors (Lipinski definition) is 5. The Morgan fingerprint density at radius 2 is 2.22 bits per heavy atom. The molecular formula is C18H19NO4. The summed E-state index contributed by atoms with van der Waals surface area (Å²) in [4.78, 5) is 26.7. The number of rotatable bonds is 2. The first-order chi connectivity index (χ1) is 11.2. The van der Waals surface area contributed by atoms with Gasteiger partial charge in [-0.15, -0.1) is 0 Å². The summed E-state index contributed by atoms with van der Waals surface area (Å²) in [6, 6.07) is 2.07. The summed E-state index contributed by atoms with van der Waals surface area (Å²) in [5, 5.41) is 0. The first kappa shape index (κ1) is 14.3. The van der Waals surface area contributed by atoms with Crippen molar-refractivity contribution in [3.63, 3.8) is 0 Å². The molecule has 23 heavy (non-hydrogen) atoms. The standard InChI is InChI=1S/C18H19NO4/c1-2-22-18(21)13-9-12-8-11-4-3-6-19-7-5-14(20)15(16(11)19)17(12)23-10-13/h8-9H,2-7,10H2,1H3. The van der Waals surface area contributed by atoms with Crippen LogP contribution in [0.5, 0.6) is 5.75 Å². The van der Waals surface area contributed by atoms with Gasteiger partial charge in [-0.1, -0.05) is 0 Å². The molecule has 5 nitrogen and oxygen atoms in total. The number of aryl methyl sites for hydroxylation is 1. The van der Waals surface area contributed by atoms with Crippen LogP contribution in [0.1, 0.15) is 41.3 Å². The van der Waals surface area contributed by atoms with Crippen molar-refractivity contribution < 1.29 is 19.1 Å². The van der Waals surface area contributed by atoms with E-state index in [4.69, 9.17) is 9.47 Å². The number of ketones is 1. The zero-order valence-electron chi connectivity index (χ0n) is 13.2. The van der Waals surface area contributed by atoms with Crippen LogP contribution in [-0.4, -0.2) is 38.1 Å². The molecule has 3 aliphatic heterocycles. The number of benzene rings is 1. The molecule has 1 aromatic rings. The summed E-state index contributed by atoms with van der Waals surface area (Å²) in [7, 11) is 0. The molecule has 4 rings (SSSR count). The number of anilines is 1. The lowest BCUT2D eigenvalue weighted by atomic mass is 9.87. The van der Waals surface area contributed by atoms with E-state index in [9.17, 15) is 9.59 Å². The van der Waals surface area contributed by atoms with Crippen LogP contribution in [0, 0.1) is 0 Å². The maximum absolute atomic E-state index is 12.5. The van der Waals surface area contributed by atoms with Crippen molar-refractivity contribution in [2.45, 2.75) is 26.2 Å². The molecule has 0 saturated heterocycles. The molecular weight excluding hydrogens is 294 g/mol. The molecule has 3 aliphatic rings. The van der Waals surface area contributed by atoms with Crippen LogP contribution in [0.25, 0.3) is 6.08 Å². The van der Waals surface area contributed by atoms with Crippen LogP contribution in [0.2, 0.25) is 0 Å². The molecule has 120 valence electrons. The fourth-order valence-electron chi connectivity index (χ4n) is 3.69. The number of hydrogen-bond donors (Lipinski definition) is 0. The minimum Gasteiger partial charge on any atom is -0.487 e. The summed E-state index contributed by atoms with van der Waals surface area (Å²) in [5.41, 5.74) is 4.28. The van der Waals surface area contributed by atoms with Gasteiger partial charge in [-0.2, -0.15) is 0 Å². The van der Waals surface area contributed by atoms with Crippen LogP contribution in [0.15, 0.2) is 11.6 Å². The van der Waals surface area contributed by atoms with Crippen LogP contribution >= 0.6 is 0 Å². The molecule has 0 saturated carbocycles. The average molecular weight is 313 g/mol. The summed E-state index contributed by atoms with van der Waals surface area (Å²) in [6.45, 7) is 4.07. The first-order valence-electron chi connectivity index (χ1n) is 8.17. The Hall–Kier alpha value is -2.30. The van der Waals surface area contributed by atoms with Crippen molar-refractivity contribution in [3.05, 3.63) is 28.3 Å². The monoisotopic (exact) mass is 313 g/mol. The zero-order chi connectivity index (χ0) is 16.0. The van der Waals surface area contributed by atoms with Gasteiger partial charge in [0.15, 0.2) is 5.78 Å². The molecule has 0 aliphatic carbocycles. The van der Waals surface area contributed by atoms with E-state index in [1.807, 2.05) is 6.08 Å². The molecule has 0 aromatic heterocycles. The predicted octanol–water partition coefficient (Wildman–Crippen LogP) is 2.36. The Kier molecular flexibility index (Phi) is 3.36. The highest BCUT2D eigenvalue weighted by atomic mass is 16.5. The molecule has 0 atom stereocenters. The third kappa shape index (κ3) is 2.22. The molecule has 1 aromatic carbocycles. The van der Waals surface area contributed by atoms with Gasteiger partial charge in [0.2, 0.25) is 0 Å². The van der Waals surface area contributed by atoms with Gasteiger partial charge in [0.25, 0.3) is 0 Å². The van der Waals surface area contributed by atoms with E-state index in [1.54, 1.807) is 6.92 Å². The molecule has 0 fully saturated rings. The Balaban J connectivity index is 1.85. The zero-order valence-corrected chi connectivity index (χ0v) is 13.2. The van der Waals surface area contributed by atoms with E-state index in [-0.39, 0.29) is 18.4 Å². The fraction of sp³-hybridized carbons (Fsp3) is 0.444. The lowest BCUT2D eigenvalue weighted by Crippen LogP contribution is -2.37. The highest BCUT2D eigenvalue weighted by molar-refractivity contribution is 6.08. The number of Topliss-reactive ketones (excluding diaryl/α,β-unsaturated/α-hetero) is 1. The number of carbonyl (C=O) groups is 2. The molecule has 0 bridgehead atoms. The molecule has 0 radical (unpaired) electrons. The summed E-state index contributed by atoms with van der Waals surface area (Å²) >= 11 is 0. The normalized spacial score (nSPS) is 18.6. The third-order valence-corrected chi connectivity index (χ3v) is 4.68. The van der Waals surface area contributed by atoms with Crippen molar-refractivity contribution in [3.8, 4) is 5.75 Å². The summed E-state index contributed by atoms with van der Waals surface area (Å²) in [6.07, 6.45) is 4.39. The number of ether oxygens (including phenoxy) is 2. The maximum Gasteiger partial charge on any atom is 0.337 e. The molecule has 3 heterocycles. The van der Waals surface area contributed by atoms with Crippen LogP contribution in [-0.2, 0) is 16.0 Å². The van der Waals surface area contributed by atoms with Crippen molar-refractivity contribution in [2.24, 2.45) is 0 Å². The minimum atomic E-state index is -0.350. The van der Waals surface area contributed by atoms with Crippen molar-refractivity contribution >= 4 is 23.5 Å². The Bertz CT molecular complexity index is 735. The highest BCUT2D eigenvalue weighted by Crippen LogP contribution is 2.44. The Morgan fingerprint density at radius 3 is 3.04 bits per heavy atom. The minimum absolute atomic E-state index is 0.143. The average Bonchev–Trinajstić information content (AvgIpc) is 2.57. The van der Waals surface area contributed by atoms with E-state index >= 15 is 0 Å². The molecule has 0 unspecified atom stereocenters. The highest BCUT2D eigenvalue weighted by Gasteiger charge is 2.34. The Labute approximate surface area is 134 Å². The maximum atomic E-state index is 12.5. The van der Waals surface area contributed by atoms with E-state index in [1.165, 1.54) is 5.56 Å².